The van der Waals surface area contributed by atoms with Gasteiger partial charge in [0.1, 0.15) is 0 Å². The van der Waals surface area contributed by atoms with Crippen LogP contribution in [0, 0.1) is 5.92 Å². The summed E-state index contributed by atoms with van der Waals surface area (Å²) < 4.78 is 32.1. The molecule has 2 aliphatic heterocycles. The molecule has 9 heteroatoms. The Morgan fingerprint density at radius 3 is 2.28 bits per heavy atom. The second-order valence-electron chi connectivity index (χ2n) is 9.21. The predicted octanol–water partition coefficient (Wildman–Crippen LogP) is 2.16. The van der Waals surface area contributed by atoms with Gasteiger partial charge >= 0.3 is 6.03 Å². The molecule has 2 saturated heterocycles. The topological polar surface area (TPSA) is 91.0 Å². The first-order valence-corrected chi connectivity index (χ1v) is 13.4. The number of nitrogens with zero attached hydrogens (tertiary/aromatic N) is 2. The molecular formula is C23H36N4O4S. The maximum absolute atomic E-state index is 12.7. The molecule has 0 atom stereocenters. The number of hydrogen-bond acceptors (Lipinski definition) is 5. The van der Waals surface area contributed by atoms with Crippen molar-refractivity contribution < 1.29 is 17.9 Å². The largest absolute Gasteiger partial charge is 0.379 e. The minimum absolute atomic E-state index is 0.163. The van der Waals surface area contributed by atoms with E-state index in [2.05, 4.69) is 15.5 Å². The molecule has 4 rings (SSSR count). The molecule has 0 unspecified atom stereocenters. The third-order valence-corrected chi connectivity index (χ3v) is 8.81. The van der Waals surface area contributed by atoms with Crippen LogP contribution >= 0.6 is 0 Å². The number of likely N-dealkylation sites (tertiary alicyclic amines) is 1. The van der Waals surface area contributed by atoms with Crippen LogP contribution in [0.15, 0.2) is 29.2 Å². The number of carbonyl (C=O) groups is 1. The molecule has 0 bridgehead atoms. The maximum Gasteiger partial charge on any atom is 0.315 e. The quantitative estimate of drug-likeness (QED) is 0.645. The molecule has 0 aromatic heterocycles. The van der Waals surface area contributed by atoms with Crippen molar-refractivity contribution in [3.05, 3.63) is 29.8 Å². The van der Waals surface area contributed by atoms with Crippen LogP contribution in [0.2, 0.25) is 0 Å². The number of rotatable bonds is 7. The zero-order valence-corrected chi connectivity index (χ0v) is 19.6. The van der Waals surface area contributed by atoms with Gasteiger partial charge in [0, 0.05) is 45.3 Å². The number of piperidine rings is 1. The van der Waals surface area contributed by atoms with Gasteiger partial charge in [0.2, 0.25) is 10.0 Å². The first-order valence-electron chi connectivity index (χ1n) is 11.9. The summed E-state index contributed by atoms with van der Waals surface area (Å²) in [7, 11) is -3.49. The highest BCUT2D eigenvalue weighted by Crippen LogP contribution is 2.26. The van der Waals surface area contributed by atoms with E-state index in [4.69, 9.17) is 4.74 Å². The summed E-state index contributed by atoms with van der Waals surface area (Å²) in [6, 6.07) is 6.80. The maximum atomic E-state index is 12.7. The fourth-order valence-corrected chi connectivity index (χ4v) is 6.36. The summed E-state index contributed by atoms with van der Waals surface area (Å²) in [6.45, 7) is 5.31. The van der Waals surface area contributed by atoms with Gasteiger partial charge in [-0.3, -0.25) is 0 Å². The Hall–Kier alpha value is -1.68. The summed E-state index contributed by atoms with van der Waals surface area (Å²) in [4.78, 5) is 15.2. The van der Waals surface area contributed by atoms with Crippen molar-refractivity contribution in [2.45, 2.75) is 56.0 Å². The van der Waals surface area contributed by atoms with Crippen molar-refractivity contribution in [1.82, 2.24) is 19.8 Å². The average molecular weight is 465 g/mol. The number of urea groups is 1. The van der Waals surface area contributed by atoms with Crippen molar-refractivity contribution >= 4 is 16.1 Å². The molecule has 0 radical (unpaired) electrons. The Labute approximate surface area is 191 Å². The molecule has 3 fully saturated rings. The summed E-state index contributed by atoms with van der Waals surface area (Å²) in [6.07, 6.45) is 7.51. The van der Waals surface area contributed by atoms with Gasteiger partial charge in [-0.05, 0) is 49.3 Å². The van der Waals surface area contributed by atoms with E-state index in [0.29, 0.717) is 32.8 Å². The van der Waals surface area contributed by atoms with Crippen LogP contribution in [0.3, 0.4) is 0 Å². The van der Waals surface area contributed by atoms with E-state index in [1.807, 2.05) is 0 Å². The molecule has 2 heterocycles. The summed E-state index contributed by atoms with van der Waals surface area (Å²) >= 11 is 0. The Balaban J connectivity index is 1.18. The monoisotopic (exact) mass is 464 g/mol. The van der Waals surface area contributed by atoms with Crippen LogP contribution in [0.25, 0.3) is 0 Å². The lowest BCUT2D eigenvalue weighted by Crippen LogP contribution is -2.48. The first-order chi connectivity index (χ1) is 15.5. The molecule has 178 valence electrons. The van der Waals surface area contributed by atoms with Crippen molar-refractivity contribution in [2.75, 3.05) is 45.9 Å². The van der Waals surface area contributed by atoms with Crippen molar-refractivity contribution in [1.29, 1.82) is 0 Å². The van der Waals surface area contributed by atoms with Gasteiger partial charge < -0.3 is 20.3 Å². The second-order valence-corrected chi connectivity index (χ2v) is 11.2. The van der Waals surface area contributed by atoms with Gasteiger partial charge in [0.25, 0.3) is 0 Å². The van der Waals surface area contributed by atoms with Gasteiger partial charge in [-0.2, -0.15) is 4.31 Å². The number of sulfonamides is 1. The number of carbonyl (C=O) groups excluding carboxylic acids is 1. The van der Waals surface area contributed by atoms with Crippen LogP contribution in [-0.4, -0.2) is 75.6 Å². The fourth-order valence-electron chi connectivity index (χ4n) is 4.95. The van der Waals surface area contributed by atoms with Gasteiger partial charge in [0.05, 0.1) is 18.1 Å². The van der Waals surface area contributed by atoms with E-state index in [-0.39, 0.29) is 17.0 Å². The third-order valence-electron chi connectivity index (χ3n) is 6.90. The van der Waals surface area contributed by atoms with Crippen LogP contribution in [0.5, 0.6) is 0 Å². The molecule has 2 N–H and O–H groups in total. The number of ether oxygens (including phenoxy) is 1. The van der Waals surface area contributed by atoms with E-state index in [0.717, 1.165) is 37.4 Å². The molecule has 1 aromatic rings. The highest BCUT2D eigenvalue weighted by Gasteiger charge is 2.26. The average Bonchev–Trinajstić information content (AvgIpc) is 3.33. The Kier molecular flexibility index (Phi) is 8.04. The van der Waals surface area contributed by atoms with Gasteiger partial charge in [-0.15, -0.1) is 0 Å². The standard InChI is InChI=1S/C23H36N4O4S/c28-23(25-21-9-11-26(12-10-21)18-20-3-1-2-4-20)24-17-19-5-7-22(8-6-19)32(29,30)27-13-15-31-16-14-27/h5-8,20-21H,1-4,9-18H2,(H2,24,25,28). The SMILES string of the molecule is O=C(NCc1ccc(S(=O)(=O)N2CCOCC2)cc1)NC1CCN(CC2CCCC2)CC1. The number of nitrogens with one attached hydrogen (secondary N) is 2. The zero-order chi connectivity index (χ0) is 22.4. The molecular weight excluding hydrogens is 428 g/mol. The van der Waals surface area contributed by atoms with Gasteiger partial charge in [-0.1, -0.05) is 25.0 Å². The van der Waals surface area contributed by atoms with Crippen molar-refractivity contribution in [3.63, 3.8) is 0 Å². The number of benzene rings is 1. The normalized spacial score (nSPS) is 22.1. The van der Waals surface area contributed by atoms with Crippen LogP contribution in [-0.2, 0) is 21.3 Å². The molecule has 1 saturated carbocycles. The third kappa shape index (κ3) is 6.21. The minimum atomic E-state index is -3.49. The predicted molar refractivity (Wildman–Crippen MR) is 123 cm³/mol. The molecule has 2 amide bonds. The summed E-state index contributed by atoms with van der Waals surface area (Å²) in [5.41, 5.74) is 0.868. The lowest BCUT2D eigenvalue weighted by Gasteiger charge is -2.33. The molecule has 3 aliphatic rings. The number of amides is 2. The molecule has 32 heavy (non-hydrogen) atoms. The summed E-state index contributed by atoms with van der Waals surface area (Å²) in [5.74, 6) is 0.873. The van der Waals surface area contributed by atoms with E-state index in [9.17, 15) is 13.2 Å². The Bertz CT molecular complexity index is 841. The minimum Gasteiger partial charge on any atom is -0.379 e. The number of hydrogen-bond donors (Lipinski definition) is 2. The molecule has 8 nitrogen and oxygen atoms in total. The van der Waals surface area contributed by atoms with Crippen LogP contribution in [0.4, 0.5) is 4.79 Å². The van der Waals surface area contributed by atoms with E-state index < -0.39 is 10.0 Å². The lowest BCUT2D eigenvalue weighted by molar-refractivity contribution is 0.0730. The van der Waals surface area contributed by atoms with E-state index in [1.54, 1.807) is 24.3 Å². The Morgan fingerprint density at radius 1 is 0.969 bits per heavy atom. The van der Waals surface area contributed by atoms with Gasteiger partial charge in [-0.25, -0.2) is 13.2 Å². The van der Waals surface area contributed by atoms with E-state index in [1.165, 1.54) is 36.5 Å². The second kappa shape index (κ2) is 11.0. The highest BCUT2D eigenvalue weighted by atomic mass is 32.2. The molecule has 0 spiro atoms. The first kappa shape index (κ1) is 23.5. The molecule has 1 aromatic carbocycles. The van der Waals surface area contributed by atoms with Crippen molar-refractivity contribution in [2.24, 2.45) is 5.92 Å². The van der Waals surface area contributed by atoms with Gasteiger partial charge in [0.15, 0.2) is 0 Å². The van der Waals surface area contributed by atoms with Crippen LogP contribution < -0.4 is 10.6 Å². The lowest BCUT2D eigenvalue weighted by atomic mass is 10.0. The smallest absolute Gasteiger partial charge is 0.315 e. The zero-order valence-electron chi connectivity index (χ0n) is 18.8. The molecule has 1 aliphatic carbocycles. The van der Waals surface area contributed by atoms with E-state index >= 15 is 0 Å². The Morgan fingerprint density at radius 2 is 1.62 bits per heavy atom. The summed E-state index contributed by atoms with van der Waals surface area (Å²) in [5, 5.41) is 5.99. The fraction of sp³-hybridized carbons (Fsp3) is 0.696. The number of morpholine rings is 1. The van der Waals surface area contributed by atoms with Crippen molar-refractivity contribution in [3.8, 4) is 0 Å². The highest BCUT2D eigenvalue weighted by molar-refractivity contribution is 7.89. The van der Waals surface area contributed by atoms with Crippen LogP contribution in [0.1, 0.15) is 44.1 Å².